The zero-order chi connectivity index (χ0) is 16.4. The summed E-state index contributed by atoms with van der Waals surface area (Å²) in [5.74, 6) is -0.307. The third-order valence-corrected chi connectivity index (χ3v) is 4.63. The number of fused-ring (bicyclic) bond motifs is 3. The number of ether oxygens (including phenoxy) is 1. The highest BCUT2D eigenvalue weighted by Crippen LogP contribution is 2.40. The summed E-state index contributed by atoms with van der Waals surface area (Å²) in [6.45, 7) is 4.65. The Bertz CT molecular complexity index is 858. The third kappa shape index (κ3) is 3.00. The second kappa shape index (κ2) is 6.52. The van der Waals surface area contributed by atoms with Crippen molar-refractivity contribution in [2.45, 2.75) is 19.9 Å². The fourth-order valence-electron chi connectivity index (χ4n) is 2.52. The van der Waals surface area contributed by atoms with Crippen LogP contribution in [-0.4, -0.2) is 30.1 Å². The van der Waals surface area contributed by atoms with Crippen molar-refractivity contribution in [3.8, 4) is 0 Å². The lowest BCUT2D eigenvalue weighted by atomic mass is 10.1. The van der Waals surface area contributed by atoms with Crippen LogP contribution in [0.2, 0.25) is 0 Å². The number of nitrogens with two attached hydrogens (primary N) is 1. The molecule has 0 aliphatic carbocycles. The van der Waals surface area contributed by atoms with E-state index < -0.39 is 0 Å². The van der Waals surface area contributed by atoms with Gasteiger partial charge in [-0.25, -0.2) is 4.79 Å². The van der Waals surface area contributed by atoms with Crippen LogP contribution in [0.3, 0.4) is 0 Å². The van der Waals surface area contributed by atoms with E-state index in [-0.39, 0.29) is 12.0 Å². The number of hydrogen-bond donors (Lipinski definition) is 2. The number of nitrogens with one attached hydrogen (secondary N) is 1. The van der Waals surface area contributed by atoms with Crippen LogP contribution in [0, 0.1) is 0 Å². The van der Waals surface area contributed by atoms with E-state index in [2.05, 4.69) is 10.3 Å². The van der Waals surface area contributed by atoms with E-state index in [0.29, 0.717) is 18.0 Å². The molecule has 23 heavy (non-hydrogen) atoms. The molecule has 3 aromatic rings. The molecule has 0 bridgehead atoms. The normalized spacial score (nSPS) is 12.5. The average molecular weight is 329 g/mol. The molecule has 0 fully saturated rings. The fraction of sp³-hybridized carbons (Fsp3) is 0.294. The number of hydrogen-bond acceptors (Lipinski definition) is 6. The van der Waals surface area contributed by atoms with E-state index in [4.69, 9.17) is 10.5 Å². The molecular formula is C17H19N3O2S. The van der Waals surface area contributed by atoms with Gasteiger partial charge in [0, 0.05) is 34.3 Å². The van der Waals surface area contributed by atoms with Crippen LogP contribution >= 0.6 is 11.3 Å². The van der Waals surface area contributed by atoms with Gasteiger partial charge in [0.05, 0.1) is 17.8 Å². The smallest absolute Gasteiger partial charge is 0.350 e. The predicted molar refractivity (Wildman–Crippen MR) is 95.2 cm³/mol. The van der Waals surface area contributed by atoms with Gasteiger partial charge in [-0.05, 0) is 32.0 Å². The first-order chi connectivity index (χ1) is 11.1. The molecule has 3 rings (SSSR count). The largest absolute Gasteiger partial charge is 0.462 e. The van der Waals surface area contributed by atoms with Crippen molar-refractivity contribution in [3.63, 3.8) is 0 Å². The summed E-state index contributed by atoms with van der Waals surface area (Å²) >= 11 is 1.43. The Morgan fingerprint density at radius 3 is 3.00 bits per heavy atom. The molecule has 1 aromatic carbocycles. The Hall–Kier alpha value is -2.18. The first-order valence-electron chi connectivity index (χ1n) is 7.58. The van der Waals surface area contributed by atoms with Crippen LogP contribution in [0.15, 0.2) is 30.5 Å². The number of pyridine rings is 1. The quantitative estimate of drug-likeness (QED) is 0.702. The number of anilines is 1. The molecule has 0 unspecified atom stereocenters. The second-order valence-corrected chi connectivity index (χ2v) is 6.45. The van der Waals surface area contributed by atoms with Crippen LogP contribution < -0.4 is 11.1 Å². The summed E-state index contributed by atoms with van der Waals surface area (Å²) in [6, 6.07) is 7.86. The van der Waals surface area contributed by atoms with Crippen molar-refractivity contribution in [3.05, 3.63) is 35.3 Å². The van der Waals surface area contributed by atoms with Gasteiger partial charge in [-0.15, -0.1) is 11.3 Å². The van der Waals surface area contributed by atoms with Crippen molar-refractivity contribution >= 4 is 44.0 Å². The van der Waals surface area contributed by atoms with Crippen molar-refractivity contribution in [1.29, 1.82) is 0 Å². The third-order valence-electron chi connectivity index (χ3n) is 3.50. The molecule has 0 aliphatic heterocycles. The van der Waals surface area contributed by atoms with Crippen LogP contribution in [-0.2, 0) is 4.74 Å². The number of esters is 1. The molecule has 6 heteroatoms. The SMILES string of the molecule is CCOC(=O)c1sc2ccc3ncccc3c2c1NC[C@@H](C)N. The van der Waals surface area contributed by atoms with Crippen LogP contribution in [0.25, 0.3) is 21.0 Å². The molecule has 0 saturated heterocycles. The average Bonchev–Trinajstić information content (AvgIpc) is 2.92. The molecule has 5 nitrogen and oxygen atoms in total. The Morgan fingerprint density at radius 1 is 1.43 bits per heavy atom. The van der Waals surface area contributed by atoms with Gasteiger partial charge in [0.25, 0.3) is 0 Å². The Labute approximate surface area is 138 Å². The minimum atomic E-state index is -0.307. The Morgan fingerprint density at radius 2 is 2.26 bits per heavy atom. The van der Waals surface area contributed by atoms with E-state index in [9.17, 15) is 4.79 Å². The maximum absolute atomic E-state index is 12.3. The lowest BCUT2D eigenvalue weighted by molar-refractivity contribution is 0.0533. The number of thiophene rings is 1. The summed E-state index contributed by atoms with van der Waals surface area (Å²) in [5, 5.41) is 5.35. The number of benzene rings is 1. The molecule has 1 atom stereocenters. The molecular weight excluding hydrogens is 310 g/mol. The van der Waals surface area contributed by atoms with E-state index in [1.165, 1.54) is 11.3 Å². The minimum absolute atomic E-state index is 0.0203. The van der Waals surface area contributed by atoms with Crippen molar-refractivity contribution in [2.75, 3.05) is 18.5 Å². The molecule has 0 saturated carbocycles. The second-order valence-electron chi connectivity index (χ2n) is 5.39. The topological polar surface area (TPSA) is 77.2 Å². The van der Waals surface area contributed by atoms with Gasteiger partial charge >= 0.3 is 5.97 Å². The lowest BCUT2D eigenvalue weighted by Crippen LogP contribution is -2.25. The molecule has 0 amide bonds. The molecule has 3 N–H and O–H groups in total. The van der Waals surface area contributed by atoms with Crippen LogP contribution in [0.5, 0.6) is 0 Å². The van der Waals surface area contributed by atoms with E-state index >= 15 is 0 Å². The maximum Gasteiger partial charge on any atom is 0.350 e. The van der Waals surface area contributed by atoms with E-state index in [1.807, 2.05) is 31.2 Å². The molecule has 120 valence electrons. The standard InChI is InChI=1S/C17H19N3O2S/c1-3-22-17(21)16-15(20-9-10(2)18)14-11-5-4-8-19-12(11)6-7-13(14)23-16/h4-8,10,20H,3,9,18H2,1-2H3/t10-/m1/s1. The van der Waals surface area contributed by atoms with Gasteiger partial charge in [-0.3, -0.25) is 4.98 Å². The number of carbonyl (C=O) groups is 1. The van der Waals surface area contributed by atoms with E-state index in [1.54, 1.807) is 13.1 Å². The predicted octanol–water partition coefficient (Wildman–Crippen LogP) is 3.39. The van der Waals surface area contributed by atoms with Crippen molar-refractivity contribution < 1.29 is 9.53 Å². The zero-order valence-corrected chi connectivity index (χ0v) is 13.9. The Balaban J connectivity index is 2.23. The number of nitrogens with zero attached hydrogens (tertiary/aromatic N) is 1. The first-order valence-corrected chi connectivity index (χ1v) is 8.40. The summed E-state index contributed by atoms with van der Waals surface area (Å²) in [5.41, 5.74) is 7.55. The van der Waals surface area contributed by atoms with Gasteiger partial charge in [0.1, 0.15) is 4.88 Å². The minimum Gasteiger partial charge on any atom is -0.462 e. The zero-order valence-electron chi connectivity index (χ0n) is 13.1. The molecule has 0 radical (unpaired) electrons. The molecule has 2 heterocycles. The summed E-state index contributed by atoms with van der Waals surface area (Å²) < 4.78 is 6.23. The van der Waals surface area contributed by atoms with Gasteiger partial charge in [-0.1, -0.05) is 6.07 Å². The van der Waals surface area contributed by atoms with Crippen LogP contribution in [0.1, 0.15) is 23.5 Å². The monoisotopic (exact) mass is 329 g/mol. The van der Waals surface area contributed by atoms with Gasteiger partial charge in [0.15, 0.2) is 0 Å². The van der Waals surface area contributed by atoms with Crippen molar-refractivity contribution in [1.82, 2.24) is 4.98 Å². The Kier molecular flexibility index (Phi) is 4.45. The van der Waals surface area contributed by atoms with Crippen LogP contribution in [0.4, 0.5) is 5.69 Å². The van der Waals surface area contributed by atoms with Gasteiger partial charge in [0.2, 0.25) is 0 Å². The van der Waals surface area contributed by atoms with E-state index in [0.717, 1.165) is 26.7 Å². The number of aromatic nitrogens is 1. The maximum atomic E-state index is 12.3. The summed E-state index contributed by atoms with van der Waals surface area (Å²) in [6.07, 6.45) is 1.77. The summed E-state index contributed by atoms with van der Waals surface area (Å²) in [7, 11) is 0. The highest BCUT2D eigenvalue weighted by atomic mass is 32.1. The first kappa shape index (κ1) is 15.7. The molecule has 0 spiro atoms. The number of rotatable bonds is 5. The molecule has 0 aliphatic rings. The van der Waals surface area contributed by atoms with Gasteiger partial charge < -0.3 is 15.8 Å². The summed E-state index contributed by atoms with van der Waals surface area (Å²) in [4.78, 5) is 17.3. The highest BCUT2D eigenvalue weighted by Gasteiger charge is 2.21. The highest BCUT2D eigenvalue weighted by molar-refractivity contribution is 7.21. The van der Waals surface area contributed by atoms with Gasteiger partial charge in [-0.2, -0.15) is 0 Å². The molecule has 2 aromatic heterocycles. The van der Waals surface area contributed by atoms with Crippen molar-refractivity contribution in [2.24, 2.45) is 5.73 Å². The number of carbonyl (C=O) groups excluding carboxylic acids is 1. The fourth-order valence-corrected chi connectivity index (χ4v) is 3.61. The lowest BCUT2D eigenvalue weighted by Gasteiger charge is -2.11.